The minimum atomic E-state index is -1.21. The van der Waals surface area contributed by atoms with E-state index in [1.165, 1.54) is 12.1 Å². The fourth-order valence-electron chi connectivity index (χ4n) is 2.58. The first-order valence-corrected chi connectivity index (χ1v) is 8.62. The van der Waals surface area contributed by atoms with Crippen molar-refractivity contribution in [3.8, 4) is 0 Å². The monoisotopic (exact) mass is 356 g/mol. The zero-order valence-electron chi connectivity index (χ0n) is 15.7. The van der Waals surface area contributed by atoms with Gasteiger partial charge in [0, 0.05) is 12.2 Å². The SMILES string of the molecule is Cc1cccc(C)c1NC(=O)C(C)(C)C(=O)NCCc1ccc(F)cc1. The smallest absolute Gasteiger partial charge is 0.239 e. The Morgan fingerprint density at radius 2 is 1.54 bits per heavy atom. The van der Waals surface area contributed by atoms with Crippen molar-refractivity contribution in [2.75, 3.05) is 11.9 Å². The standard InChI is InChI=1S/C21H25FN2O2/c1-14-6-5-7-15(2)18(14)24-20(26)21(3,4)19(25)23-13-12-16-8-10-17(22)11-9-16/h5-11H,12-13H2,1-4H3,(H,23,25)(H,24,26). The lowest BCUT2D eigenvalue weighted by molar-refractivity contribution is -0.138. The largest absolute Gasteiger partial charge is 0.355 e. The number of benzene rings is 2. The molecule has 2 rings (SSSR count). The molecule has 0 saturated heterocycles. The highest BCUT2D eigenvalue weighted by atomic mass is 19.1. The molecule has 4 nitrogen and oxygen atoms in total. The van der Waals surface area contributed by atoms with Crippen LogP contribution in [0.2, 0.25) is 0 Å². The Morgan fingerprint density at radius 1 is 0.962 bits per heavy atom. The normalized spacial score (nSPS) is 11.1. The average Bonchev–Trinajstić information content (AvgIpc) is 2.59. The molecule has 0 aromatic heterocycles. The molecule has 0 bridgehead atoms. The molecule has 2 N–H and O–H groups in total. The van der Waals surface area contributed by atoms with Crippen molar-refractivity contribution >= 4 is 17.5 Å². The number of para-hydroxylation sites is 1. The minimum absolute atomic E-state index is 0.290. The summed E-state index contributed by atoms with van der Waals surface area (Å²) in [5.74, 6) is -0.986. The van der Waals surface area contributed by atoms with E-state index < -0.39 is 5.41 Å². The number of halogens is 1. The summed E-state index contributed by atoms with van der Waals surface area (Å²) in [5, 5.41) is 5.66. The van der Waals surface area contributed by atoms with E-state index in [4.69, 9.17) is 0 Å². The van der Waals surface area contributed by atoms with E-state index in [9.17, 15) is 14.0 Å². The van der Waals surface area contributed by atoms with Crippen LogP contribution in [0.25, 0.3) is 0 Å². The van der Waals surface area contributed by atoms with Crippen molar-refractivity contribution in [1.82, 2.24) is 5.32 Å². The first kappa shape index (κ1) is 19.6. The molecule has 0 aliphatic carbocycles. The van der Waals surface area contributed by atoms with Gasteiger partial charge in [0.2, 0.25) is 11.8 Å². The molecule has 0 saturated carbocycles. The van der Waals surface area contributed by atoms with Crippen LogP contribution in [0.15, 0.2) is 42.5 Å². The highest BCUT2D eigenvalue weighted by Crippen LogP contribution is 2.24. The second-order valence-corrected chi connectivity index (χ2v) is 6.98. The summed E-state index contributed by atoms with van der Waals surface area (Å²) in [6, 6.07) is 11.9. The van der Waals surface area contributed by atoms with Crippen LogP contribution < -0.4 is 10.6 Å². The van der Waals surface area contributed by atoms with Crippen LogP contribution in [0, 0.1) is 25.1 Å². The van der Waals surface area contributed by atoms with Gasteiger partial charge in [-0.15, -0.1) is 0 Å². The number of rotatable bonds is 6. The van der Waals surface area contributed by atoms with Gasteiger partial charge < -0.3 is 10.6 Å². The highest BCUT2D eigenvalue weighted by Gasteiger charge is 2.36. The van der Waals surface area contributed by atoms with E-state index in [2.05, 4.69) is 10.6 Å². The molecule has 138 valence electrons. The molecule has 0 fully saturated rings. The topological polar surface area (TPSA) is 58.2 Å². The first-order valence-electron chi connectivity index (χ1n) is 8.62. The van der Waals surface area contributed by atoms with Gasteiger partial charge in [-0.3, -0.25) is 9.59 Å². The zero-order chi connectivity index (χ0) is 19.3. The van der Waals surface area contributed by atoms with Crippen molar-refractivity contribution in [2.45, 2.75) is 34.1 Å². The Morgan fingerprint density at radius 3 is 2.12 bits per heavy atom. The predicted octanol–water partition coefficient (Wildman–Crippen LogP) is 3.77. The fourth-order valence-corrected chi connectivity index (χ4v) is 2.58. The minimum Gasteiger partial charge on any atom is -0.355 e. The van der Waals surface area contributed by atoms with Crippen LogP contribution >= 0.6 is 0 Å². The molecule has 0 atom stereocenters. The second-order valence-electron chi connectivity index (χ2n) is 6.98. The Hall–Kier alpha value is -2.69. The Kier molecular flexibility index (Phi) is 6.14. The molecule has 2 aromatic carbocycles. The number of hydrogen-bond donors (Lipinski definition) is 2. The van der Waals surface area contributed by atoms with Gasteiger partial charge in [0.1, 0.15) is 11.2 Å². The van der Waals surface area contributed by atoms with E-state index in [0.29, 0.717) is 13.0 Å². The van der Waals surface area contributed by atoms with Crippen molar-refractivity contribution in [3.05, 3.63) is 65.0 Å². The first-order chi connectivity index (χ1) is 12.2. The number of nitrogens with one attached hydrogen (secondary N) is 2. The second kappa shape index (κ2) is 8.13. The summed E-state index contributed by atoms with van der Waals surface area (Å²) in [5.41, 5.74) is 2.35. The molecule has 0 aliphatic rings. The quantitative estimate of drug-likeness (QED) is 0.774. The maximum Gasteiger partial charge on any atom is 0.239 e. The molecule has 2 amide bonds. The van der Waals surface area contributed by atoms with E-state index in [-0.39, 0.29) is 17.6 Å². The molecule has 0 unspecified atom stereocenters. The lowest BCUT2D eigenvalue weighted by atomic mass is 9.90. The van der Waals surface area contributed by atoms with Crippen LogP contribution in [-0.2, 0) is 16.0 Å². The average molecular weight is 356 g/mol. The summed E-state index contributed by atoms with van der Waals surface area (Å²) in [4.78, 5) is 25.1. The number of aryl methyl sites for hydroxylation is 2. The highest BCUT2D eigenvalue weighted by molar-refractivity contribution is 6.10. The van der Waals surface area contributed by atoms with Crippen LogP contribution in [0.1, 0.15) is 30.5 Å². The lowest BCUT2D eigenvalue weighted by Crippen LogP contribution is -2.45. The molecule has 0 heterocycles. The van der Waals surface area contributed by atoms with E-state index in [1.807, 2.05) is 32.0 Å². The molecule has 5 heteroatoms. The van der Waals surface area contributed by atoms with Gasteiger partial charge in [0.05, 0.1) is 0 Å². The van der Waals surface area contributed by atoms with Gasteiger partial charge in [-0.25, -0.2) is 4.39 Å². The lowest BCUT2D eigenvalue weighted by Gasteiger charge is -2.24. The molecular weight excluding hydrogens is 331 g/mol. The van der Waals surface area contributed by atoms with Crippen LogP contribution in [0.3, 0.4) is 0 Å². The maximum absolute atomic E-state index is 12.9. The summed E-state index contributed by atoms with van der Waals surface area (Å²) < 4.78 is 12.9. The molecule has 26 heavy (non-hydrogen) atoms. The van der Waals surface area contributed by atoms with Crippen molar-refractivity contribution in [1.29, 1.82) is 0 Å². The molecule has 2 aromatic rings. The third kappa shape index (κ3) is 4.69. The molecule has 0 radical (unpaired) electrons. The van der Waals surface area contributed by atoms with Gasteiger partial charge in [-0.05, 0) is 62.9 Å². The van der Waals surface area contributed by atoms with Gasteiger partial charge in [-0.2, -0.15) is 0 Å². The Labute approximate surface area is 153 Å². The zero-order valence-corrected chi connectivity index (χ0v) is 15.7. The van der Waals surface area contributed by atoms with Gasteiger partial charge in [-0.1, -0.05) is 30.3 Å². The Bertz CT molecular complexity index is 778. The summed E-state index contributed by atoms with van der Waals surface area (Å²) in [6.07, 6.45) is 0.570. The maximum atomic E-state index is 12.9. The van der Waals surface area contributed by atoms with Crippen LogP contribution in [0.5, 0.6) is 0 Å². The van der Waals surface area contributed by atoms with Crippen LogP contribution in [-0.4, -0.2) is 18.4 Å². The summed E-state index contributed by atoms with van der Waals surface area (Å²) in [6.45, 7) is 7.41. The van der Waals surface area contributed by atoms with Gasteiger partial charge >= 0.3 is 0 Å². The molecular formula is C21H25FN2O2. The molecule has 0 aliphatic heterocycles. The van der Waals surface area contributed by atoms with Crippen molar-refractivity contribution < 1.29 is 14.0 Å². The predicted molar refractivity (Wildman–Crippen MR) is 101 cm³/mol. The number of anilines is 1. The van der Waals surface area contributed by atoms with E-state index in [1.54, 1.807) is 26.0 Å². The summed E-state index contributed by atoms with van der Waals surface area (Å²) >= 11 is 0. The fraction of sp³-hybridized carbons (Fsp3) is 0.333. The van der Waals surface area contributed by atoms with E-state index in [0.717, 1.165) is 22.4 Å². The third-order valence-electron chi connectivity index (χ3n) is 4.47. The van der Waals surface area contributed by atoms with Crippen molar-refractivity contribution in [3.63, 3.8) is 0 Å². The van der Waals surface area contributed by atoms with Crippen LogP contribution in [0.4, 0.5) is 10.1 Å². The third-order valence-corrected chi connectivity index (χ3v) is 4.47. The Balaban J connectivity index is 1.95. The number of amides is 2. The summed E-state index contributed by atoms with van der Waals surface area (Å²) in [7, 11) is 0. The number of hydrogen-bond acceptors (Lipinski definition) is 2. The van der Waals surface area contributed by atoms with Gasteiger partial charge in [0.15, 0.2) is 0 Å². The number of carbonyl (C=O) groups is 2. The number of carbonyl (C=O) groups excluding carboxylic acids is 2. The van der Waals surface area contributed by atoms with E-state index >= 15 is 0 Å². The molecule has 0 spiro atoms. The van der Waals surface area contributed by atoms with Gasteiger partial charge in [0.25, 0.3) is 0 Å². The van der Waals surface area contributed by atoms with Crippen molar-refractivity contribution in [2.24, 2.45) is 5.41 Å².